The molecule has 1 fully saturated rings. The lowest BCUT2D eigenvalue weighted by Gasteiger charge is -2.14. The third kappa shape index (κ3) is 4.67. The third-order valence-corrected chi connectivity index (χ3v) is 7.07. The van der Waals surface area contributed by atoms with E-state index in [2.05, 4.69) is 4.98 Å². The summed E-state index contributed by atoms with van der Waals surface area (Å²) in [5, 5.41) is 0. The highest BCUT2D eigenvalue weighted by Gasteiger charge is 2.33. The topological polar surface area (TPSA) is 63.9 Å². The first-order valence-corrected chi connectivity index (χ1v) is 12.3. The normalized spacial score (nSPS) is 14.8. The molecule has 1 saturated heterocycles. The fraction of sp³-hybridized carbons (Fsp3) is 0.111. The molecule has 2 aromatic carbocycles. The molecule has 0 spiro atoms. The average Bonchev–Trinajstić information content (AvgIpc) is 3.12. The van der Waals surface area contributed by atoms with Gasteiger partial charge in [0, 0.05) is 6.20 Å². The number of hydrogen-bond donors (Lipinski definition) is 0. The molecule has 4 aromatic rings. The van der Waals surface area contributed by atoms with Crippen molar-refractivity contribution >= 4 is 45.9 Å². The smallest absolute Gasteiger partial charge is 0.269 e. The van der Waals surface area contributed by atoms with E-state index in [4.69, 9.17) is 17.0 Å². The van der Waals surface area contributed by atoms with E-state index in [0.29, 0.717) is 27.2 Å². The summed E-state index contributed by atoms with van der Waals surface area (Å²) in [5.74, 6) is -0.387. The first kappa shape index (κ1) is 23.9. The molecule has 2 aromatic heterocycles. The van der Waals surface area contributed by atoms with E-state index < -0.39 is 11.4 Å². The average molecular weight is 518 g/mol. The van der Waals surface area contributed by atoms with E-state index in [1.54, 1.807) is 12.3 Å². The lowest BCUT2D eigenvalue weighted by atomic mass is 10.1. The zero-order valence-electron chi connectivity index (χ0n) is 19.4. The SMILES string of the molecule is Cc1ccc(CN2C(=O)/C(=C\c3c(Oc4ccc(F)cc4)nc4c(C)cccn4c3=O)SC2=S)cc1. The van der Waals surface area contributed by atoms with Crippen molar-refractivity contribution < 1.29 is 13.9 Å². The maximum atomic E-state index is 13.5. The van der Waals surface area contributed by atoms with Gasteiger partial charge in [0.05, 0.1) is 11.4 Å². The van der Waals surface area contributed by atoms with Gasteiger partial charge in [-0.15, -0.1) is 0 Å². The van der Waals surface area contributed by atoms with E-state index in [0.717, 1.165) is 28.5 Å². The van der Waals surface area contributed by atoms with Crippen LogP contribution < -0.4 is 10.3 Å². The predicted molar refractivity (Wildman–Crippen MR) is 143 cm³/mol. The number of halogens is 1. The lowest BCUT2D eigenvalue weighted by molar-refractivity contribution is -0.122. The van der Waals surface area contributed by atoms with Gasteiger partial charge in [-0.2, -0.15) is 4.98 Å². The van der Waals surface area contributed by atoms with Gasteiger partial charge in [0.15, 0.2) is 0 Å². The molecule has 0 bridgehead atoms. The molecule has 0 radical (unpaired) electrons. The predicted octanol–water partition coefficient (Wildman–Crippen LogP) is 5.64. The van der Waals surface area contributed by atoms with E-state index >= 15 is 0 Å². The van der Waals surface area contributed by atoms with Crippen LogP contribution in [0.1, 0.15) is 22.3 Å². The van der Waals surface area contributed by atoms with Crippen molar-refractivity contribution in [2.75, 3.05) is 0 Å². The van der Waals surface area contributed by atoms with Gasteiger partial charge in [-0.1, -0.05) is 59.9 Å². The first-order chi connectivity index (χ1) is 17.3. The zero-order valence-corrected chi connectivity index (χ0v) is 21.0. The van der Waals surface area contributed by atoms with Gasteiger partial charge in [-0.05, 0) is 61.4 Å². The van der Waals surface area contributed by atoms with E-state index in [9.17, 15) is 14.0 Å². The summed E-state index contributed by atoms with van der Waals surface area (Å²) in [6, 6.07) is 16.8. The number of carbonyl (C=O) groups is 1. The molecule has 3 heterocycles. The number of amides is 1. The number of benzene rings is 2. The second-order valence-electron chi connectivity index (χ2n) is 8.33. The van der Waals surface area contributed by atoms with Crippen LogP contribution in [0.25, 0.3) is 11.7 Å². The first-order valence-electron chi connectivity index (χ1n) is 11.1. The fourth-order valence-electron chi connectivity index (χ4n) is 3.75. The molecule has 36 heavy (non-hydrogen) atoms. The molecule has 9 heteroatoms. The Morgan fingerprint density at radius 1 is 1.06 bits per heavy atom. The number of carbonyl (C=O) groups excluding carboxylic acids is 1. The highest BCUT2D eigenvalue weighted by atomic mass is 32.2. The molecule has 180 valence electrons. The molecular weight excluding hydrogens is 497 g/mol. The maximum Gasteiger partial charge on any atom is 0.269 e. The molecule has 0 saturated carbocycles. The summed E-state index contributed by atoms with van der Waals surface area (Å²) in [6.07, 6.45) is 3.08. The maximum absolute atomic E-state index is 13.5. The van der Waals surface area contributed by atoms with Crippen LogP contribution >= 0.6 is 24.0 Å². The molecule has 0 atom stereocenters. The van der Waals surface area contributed by atoms with E-state index in [1.165, 1.54) is 39.6 Å². The number of thioether (sulfide) groups is 1. The number of aromatic nitrogens is 2. The molecule has 5 rings (SSSR count). The summed E-state index contributed by atoms with van der Waals surface area (Å²) in [6.45, 7) is 4.16. The number of aryl methyl sites for hydroxylation is 2. The van der Waals surface area contributed by atoms with Crippen molar-refractivity contribution in [2.24, 2.45) is 0 Å². The molecule has 0 N–H and O–H groups in total. The quantitative estimate of drug-likeness (QED) is 0.252. The van der Waals surface area contributed by atoms with Crippen LogP contribution in [0.15, 0.2) is 76.6 Å². The second kappa shape index (κ2) is 9.67. The summed E-state index contributed by atoms with van der Waals surface area (Å²) in [5.41, 5.74) is 2.96. The van der Waals surface area contributed by atoms with Crippen LogP contribution in [-0.2, 0) is 11.3 Å². The van der Waals surface area contributed by atoms with Crippen molar-refractivity contribution in [3.63, 3.8) is 0 Å². The minimum atomic E-state index is -0.415. The molecule has 6 nitrogen and oxygen atoms in total. The Balaban J connectivity index is 1.57. The Labute approximate surface area is 216 Å². The zero-order chi connectivity index (χ0) is 25.4. The van der Waals surface area contributed by atoms with Gasteiger partial charge in [-0.25, -0.2) is 4.39 Å². The minimum Gasteiger partial charge on any atom is -0.438 e. The Morgan fingerprint density at radius 3 is 2.50 bits per heavy atom. The van der Waals surface area contributed by atoms with Gasteiger partial charge >= 0.3 is 0 Å². The van der Waals surface area contributed by atoms with Crippen LogP contribution in [0.3, 0.4) is 0 Å². The third-order valence-electron chi connectivity index (χ3n) is 5.69. The Bertz CT molecular complexity index is 1600. The summed E-state index contributed by atoms with van der Waals surface area (Å²) >= 11 is 6.60. The minimum absolute atomic E-state index is 0.0183. The number of ether oxygens (including phenoxy) is 1. The van der Waals surface area contributed by atoms with Crippen molar-refractivity contribution in [3.05, 3.63) is 110 Å². The van der Waals surface area contributed by atoms with Crippen molar-refractivity contribution in [2.45, 2.75) is 20.4 Å². The number of pyridine rings is 1. The highest BCUT2D eigenvalue weighted by Crippen LogP contribution is 2.35. The van der Waals surface area contributed by atoms with Crippen LogP contribution in [-0.4, -0.2) is 24.5 Å². The van der Waals surface area contributed by atoms with Crippen LogP contribution in [0.2, 0.25) is 0 Å². The summed E-state index contributed by atoms with van der Waals surface area (Å²) in [4.78, 5) is 33.1. The lowest BCUT2D eigenvalue weighted by Crippen LogP contribution is -2.27. The molecule has 1 amide bonds. The highest BCUT2D eigenvalue weighted by molar-refractivity contribution is 8.26. The number of fused-ring (bicyclic) bond motifs is 1. The second-order valence-corrected chi connectivity index (χ2v) is 10.0. The van der Waals surface area contributed by atoms with Gasteiger partial charge in [0.25, 0.3) is 11.5 Å². The van der Waals surface area contributed by atoms with E-state index in [-0.39, 0.29) is 17.4 Å². The molecule has 0 unspecified atom stereocenters. The summed E-state index contributed by atoms with van der Waals surface area (Å²) < 4.78 is 21.1. The largest absolute Gasteiger partial charge is 0.438 e. The number of thiocarbonyl (C=S) groups is 1. The van der Waals surface area contributed by atoms with Gasteiger partial charge in [-0.3, -0.25) is 18.9 Å². The van der Waals surface area contributed by atoms with Gasteiger partial charge < -0.3 is 4.74 Å². The molecule has 0 aliphatic carbocycles. The Hall–Kier alpha value is -3.82. The van der Waals surface area contributed by atoms with Crippen molar-refractivity contribution in [1.29, 1.82) is 0 Å². The van der Waals surface area contributed by atoms with E-state index in [1.807, 2.05) is 44.2 Å². The number of nitrogens with zero attached hydrogens (tertiary/aromatic N) is 3. The fourth-order valence-corrected chi connectivity index (χ4v) is 4.99. The Morgan fingerprint density at radius 2 is 1.78 bits per heavy atom. The molecule has 1 aliphatic heterocycles. The van der Waals surface area contributed by atoms with Crippen molar-refractivity contribution in [1.82, 2.24) is 14.3 Å². The standard InChI is InChI=1S/C27H20FN3O3S2/c1-16-5-7-18(8-6-16)15-31-26(33)22(36-27(31)35)14-21-24(34-20-11-9-19(28)10-12-20)29-23-17(2)4-3-13-30(23)25(21)32/h3-14H,15H2,1-2H3/b22-14+. The van der Waals surface area contributed by atoms with Gasteiger partial charge in [0.2, 0.25) is 5.88 Å². The molecular formula is C27H20FN3O3S2. The van der Waals surface area contributed by atoms with Crippen LogP contribution in [0, 0.1) is 19.7 Å². The number of hydrogen-bond acceptors (Lipinski definition) is 6. The van der Waals surface area contributed by atoms with Crippen LogP contribution in [0.4, 0.5) is 4.39 Å². The summed E-state index contributed by atoms with van der Waals surface area (Å²) in [7, 11) is 0. The molecule has 1 aliphatic rings. The van der Waals surface area contributed by atoms with Gasteiger partial charge in [0.1, 0.15) is 27.1 Å². The Kier molecular flexibility index (Phi) is 6.42. The monoisotopic (exact) mass is 517 g/mol. The van der Waals surface area contributed by atoms with Crippen LogP contribution in [0.5, 0.6) is 11.6 Å². The number of rotatable bonds is 5. The van der Waals surface area contributed by atoms with Crippen molar-refractivity contribution in [3.8, 4) is 11.6 Å².